The van der Waals surface area contributed by atoms with Crippen molar-refractivity contribution in [2.24, 2.45) is 11.8 Å². The summed E-state index contributed by atoms with van der Waals surface area (Å²) in [4.78, 5) is 0. The monoisotopic (exact) mass is 472 g/mol. The minimum Gasteiger partial charge on any atom is -0.429 e. The molecule has 3 rings (SSSR count). The lowest BCUT2D eigenvalue weighted by molar-refractivity contribution is -0.132. The molecule has 0 heterocycles. The highest BCUT2D eigenvalue weighted by molar-refractivity contribution is 5.65. The quantitative estimate of drug-likeness (QED) is 0.270. The lowest BCUT2D eigenvalue weighted by Gasteiger charge is -2.26. The van der Waals surface area contributed by atoms with E-state index in [9.17, 15) is 26.3 Å². The molecule has 0 aromatic heterocycles. The Morgan fingerprint density at radius 1 is 0.970 bits per heavy atom. The number of rotatable bonds is 9. The molecule has 0 unspecified atom stereocenters. The van der Waals surface area contributed by atoms with E-state index in [2.05, 4.69) is 11.7 Å². The molecule has 8 heteroatoms. The summed E-state index contributed by atoms with van der Waals surface area (Å²) < 4.78 is 89.5. The summed E-state index contributed by atoms with van der Waals surface area (Å²) in [6.45, 7) is -1.22. The Morgan fingerprint density at radius 2 is 1.58 bits per heavy atom. The van der Waals surface area contributed by atoms with Crippen LogP contribution < -0.4 is 9.47 Å². The Bertz CT molecular complexity index is 911. The van der Waals surface area contributed by atoms with Crippen LogP contribution in [0.4, 0.5) is 26.3 Å². The van der Waals surface area contributed by atoms with Gasteiger partial charge in [-0.05, 0) is 72.9 Å². The summed E-state index contributed by atoms with van der Waals surface area (Å²) in [7, 11) is 0. The number of alkyl halides is 4. The maximum absolute atomic E-state index is 14.3. The third-order valence-electron chi connectivity index (χ3n) is 5.80. The van der Waals surface area contributed by atoms with Gasteiger partial charge in [0.15, 0.2) is 17.4 Å². The van der Waals surface area contributed by atoms with Crippen LogP contribution in [0, 0.1) is 23.5 Å². The van der Waals surface area contributed by atoms with E-state index in [1.165, 1.54) is 36.8 Å². The fourth-order valence-corrected chi connectivity index (χ4v) is 4.16. The van der Waals surface area contributed by atoms with E-state index in [0.29, 0.717) is 5.92 Å². The lowest BCUT2D eigenvalue weighted by atomic mass is 9.80. The first-order chi connectivity index (χ1) is 15.7. The maximum Gasteiger partial charge on any atom is 0.419 e. The van der Waals surface area contributed by atoms with Gasteiger partial charge in [0.25, 0.3) is 0 Å². The molecular weight excluding hydrogens is 446 g/mol. The van der Waals surface area contributed by atoms with Crippen LogP contribution >= 0.6 is 0 Å². The molecule has 0 atom stereocenters. The molecule has 0 radical (unpaired) electrons. The van der Waals surface area contributed by atoms with E-state index in [-0.39, 0.29) is 22.8 Å². The molecule has 180 valence electrons. The molecule has 1 aliphatic carbocycles. The van der Waals surface area contributed by atoms with Crippen molar-refractivity contribution in [3.05, 3.63) is 60.2 Å². The number of benzene rings is 2. The fraction of sp³-hybridized carbons (Fsp3) is 0.440. The number of ether oxygens (including phenoxy) is 2. The largest absolute Gasteiger partial charge is 0.429 e. The zero-order chi connectivity index (χ0) is 24.0. The molecule has 0 bridgehead atoms. The highest BCUT2D eigenvalue weighted by Gasteiger charge is 2.29. The van der Waals surface area contributed by atoms with Crippen molar-refractivity contribution in [2.75, 3.05) is 0 Å². The molecule has 0 N–H and O–H groups in total. The van der Waals surface area contributed by atoms with Crippen molar-refractivity contribution in [1.29, 1.82) is 0 Å². The molecular formula is C25H26F6O2. The van der Waals surface area contributed by atoms with Gasteiger partial charge < -0.3 is 9.47 Å². The van der Waals surface area contributed by atoms with E-state index < -0.39 is 30.1 Å². The minimum atomic E-state index is -3.51. The Balaban J connectivity index is 1.62. The van der Waals surface area contributed by atoms with Crippen LogP contribution in [-0.4, -0.2) is 12.7 Å². The van der Waals surface area contributed by atoms with Crippen molar-refractivity contribution >= 4 is 0 Å². The molecule has 0 spiro atoms. The van der Waals surface area contributed by atoms with Gasteiger partial charge >= 0.3 is 12.7 Å². The van der Waals surface area contributed by atoms with Crippen molar-refractivity contribution < 1.29 is 35.8 Å². The summed E-state index contributed by atoms with van der Waals surface area (Å²) in [5, 5.41) is 0. The first-order valence-corrected chi connectivity index (χ1v) is 11.0. The molecule has 1 saturated carbocycles. The summed E-state index contributed by atoms with van der Waals surface area (Å²) >= 11 is 0. The highest BCUT2D eigenvalue weighted by atomic mass is 19.3. The maximum atomic E-state index is 14.3. The molecule has 1 aliphatic rings. The number of hydrogen-bond donors (Lipinski definition) is 0. The minimum absolute atomic E-state index is 0.0310. The van der Waals surface area contributed by atoms with Gasteiger partial charge in [-0.25, -0.2) is 8.78 Å². The van der Waals surface area contributed by atoms with Crippen LogP contribution in [0.3, 0.4) is 0 Å². The van der Waals surface area contributed by atoms with E-state index in [0.717, 1.165) is 50.3 Å². The summed E-state index contributed by atoms with van der Waals surface area (Å²) in [6.07, 6.45) is 4.98. The average molecular weight is 472 g/mol. The van der Waals surface area contributed by atoms with Gasteiger partial charge in [0.2, 0.25) is 0 Å². The molecule has 2 aromatic rings. The van der Waals surface area contributed by atoms with E-state index in [4.69, 9.17) is 4.74 Å². The predicted molar refractivity (Wildman–Crippen MR) is 113 cm³/mol. The molecule has 1 fully saturated rings. The molecule has 0 aliphatic heterocycles. The van der Waals surface area contributed by atoms with E-state index in [1.54, 1.807) is 0 Å². The highest BCUT2D eigenvalue weighted by Crippen LogP contribution is 2.34. The Morgan fingerprint density at radius 3 is 2.12 bits per heavy atom. The third kappa shape index (κ3) is 7.17. The molecule has 0 amide bonds. The van der Waals surface area contributed by atoms with Crippen LogP contribution in [0.2, 0.25) is 0 Å². The normalized spacial score (nSPS) is 19.3. The zero-order valence-corrected chi connectivity index (χ0v) is 18.2. The van der Waals surface area contributed by atoms with Crippen LogP contribution in [-0.2, 0) is 0 Å². The molecule has 2 aromatic carbocycles. The number of halogens is 6. The summed E-state index contributed by atoms with van der Waals surface area (Å²) in [6, 6.07) is 6.81. The topological polar surface area (TPSA) is 18.5 Å². The zero-order valence-electron chi connectivity index (χ0n) is 18.2. The van der Waals surface area contributed by atoms with Crippen LogP contribution in [0.25, 0.3) is 11.1 Å². The van der Waals surface area contributed by atoms with E-state index >= 15 is 0 Å². The standard InChI is InChI=1S/C25H26F6O2/c1-2-3-16-4-6-17(7-5-16)12-13-25(30,31)33-20-10-8-18(9-11-20)19-14-21(26)23(22(27)15-19)32-24(28)29/h8-17,24H,2-7H2,1H3/b13-12+. The van der Waals surface area contributed by atoms with Crippen molar-refractivity contribution in [2.45, 2.75) is 58.2 Å². The third-order valence-corrected chi connectivity index (χ3v) is 5.80. The Labute approximate surface area is 189 Å². The Hall–Kier alpha value is -2.64. The lowest BCUT2D eigenvalue weighted by Crippen LogP contribution is -2.22. The summed E-state index contributed by atoms with van der Waals surface area (Å²) in [5.74, 6) is -3.11. The van der Waals surface area contributed by atoms with Crippen molar-refractivity contribution in [3.8, 4) is 22.6 Å². The van der Waals surface area contributed by atoms with Gasteiger partial charge in [0.1, 0.15) is 5.75 Å². The van der Waals surface area contributed by atoms with Crippen molar-refractivity contribution in [3.63, 3.8) is 0 Å². The second-order valence-corrected chi connectivity index (χ2v) is 8.26. The van der Waals surface area contributed by atoms with Crippen molar-refractivity contribution in [1.82, 2.24) is 0 Å². The SMILES string of the molecule is CCCC1CCC(/C=C/C(F)(F)Oc2ccc(-c3cc(F)c(OC(F)F)c(F)c3)cc2)CC1. The van der Waals surface area contributed by atoms with E-state index in [1.807, 2.05) is 0 Å². The first kappa shape index (κ1) is 25.0. The second kappa shape index (κ2) is 11.0. The van der Waals surface area contributed by atoms with Gasteiger partial charge in [-0.2, -0.15) is 17.6 Å². The van der Waals surface area contributed by atoms with Gasteiger partial charge in [-0.15, -0.1) is 0 Å². The van der Waals surface area contributed by atoms with Gasteiger partial charge in [0, 0.05) is 6.08 Å². The second-order valence-electron chi connectivity index (χ2n) is 8.26. The number of allylic oxidation sites excluding steroid dienone is 1. The van der Waals surface area contributed by atoms with Crippen LogP contribution in [0.1, 0.15) is 45.4 Å². The van der Waals surface area contributed by atoms with Gasteiger partial charge in [0.05, 0.1) is 0 Å². The number of hydrogen-bond acceptors (Lipinski definition) is 2. The smallest absolute Gasteiger partial charge is 0.419 e. The summed E-state index contributed by atoms with van der Waals surface area (Å²) in [5.41, 5.74) is 0.315. The van der Waals surface area contributed by atoms with Gasteiger partial charge in [-0.1, -0.05) is 38.0 Å². The molecule has 2 nitrogen and oxygen atoms in total. The molecule has 0 saturated heterocycles. The first-order valence-electron chi connectivity index (χ1n) is 11.0. The fourth-order valence-electron chi connectivity index (χ4n) is 4.16. The van der Waals surface area contributed by atoms with Crippen LogP contribution in [0.5, 0.6) is 11.5 Å². The Kier molecular flexibility index (Phi) is 8.32. The average Bonchev–Trinajstić information content (AvgIpc) is 2.76. The van der Waals surface area contributed by atoms with Crippen LogP contribution in [0.15, 0.2) is 48.6 Å². The van der Waals surface area contributed by atoms with Gasteiger partial charge in [-0.3, -0.25) is 0 Å². The predicted octanol–water partition coefficient (Wildman–Crippen LogP) is 8.37. The molecule has 33 heavy (non-hydrogen) atoms.